The molecule has 0 spiro atoms. The van der Waals surface area contributed by atoms with Gasteiger partial charge in [0.15, 0.2) is 0 Å². The van der Waals surface area contributed by atoms with Gasteiger partial charge in [0.25, 0.3) is 0 Å². The molecule has 1 fully saturated rings. The van der Waals surface area contributed by atoms with Crippen LogP contribution in [0.2, 0.25) is 0 Å². The SMILES string of the molecule is CCC1(CC)CNCC(CC(=O)O)O1. The van der Waals surface area contributed by atoms with Crippen molar-refractivity contribution >= 4 is 5.97 Å². The molecule has 2 N–H and O–H groups in total. The molecule has 1 rings (SSSR count). The zero-order chi connectivity index (χ0) is 10.6. The lowest BCUT2D eigenvalue weighted by atomic mass is 9.94. The van der Waals surface area contributed by atoms with Gasteiger partial charge in [-0.25, -0.2) is 0 Å². The third kappa shape index (κ3) is 2.69. The molecule has 0 aliphatic carbocycles. The van der Waals surface area contributed by atoms with Crippen molar-refractivity contribution in [3.8, 4) is 0 Å². The van der Waals surface area contributed by atoms with Gasteiger partial charge in [0.05, 0.1) is 18.1 Å². The Morgan fingerprint density at radius 1 is 1.57 bits per heavy atom. The van der Waals surface area contributed by atoms with Crippen LogP contribution in [-0.2, 0) is 9.53 Å². The first kappa shape index (κ1) is 11.5. The molecule has 0 saturated carbocycles. The Balaban J connectivity index is 2.53. The first-order valence-corrected chi connectivity index (χ1v) is 5.22. The Labute approximate surface area is 84.6 Å². The number of hydrogen-bond acceptors (Lipinski definition) is 3. The molecule has 1 heterocycles. The summed E-state index contributed by atoms with van der Waals surface area (Å²) < 4.78 is 5.84. The molecule has 0 radical (unpaired) electrons. The highest BCUT2D eigenvalue weighted by molar-refractivity contribution is 5.67. The van der Waals surface area contributed by atoms with E-state index >= 15 is 0 Å². The number of aliphatic carboxylic acids is 1. The summed E-state index contributed by atoms with van der Waals surface area (Å²) in [6, 6.07) is 0. The Morgan fingerprint density at radius 3 is 2.71 bits per heavy atom. The molecule has 1 aliphatic rings. The molecule has 4 nitrogen and oxygen atoms in total. The average Bonchev–Trinajstić information content (AvgIpc) is 2.17. The summed E-state index contributed by atoms with van der Waals surface area (Å²) in [5.41, 5.74) is -0.154. The minimum absolute atomic E-state index is 0.0920. The highest BCUT2D eigenvalue weighted by atomic mass is 16.5. The fourth-order valence-electron chi connectivity index (χ4n) is 1.87. The predicted molar refractivity (Wildman–Crippen MR) is 53.3 cm³/mol. The first-order chi connectivity index (χ1) is 6.62. The molecule has 4 heteroatoms. The summed E-state index contributed by atoms with van der Waals surface area (Å²) in [7, 11) is 0. The molecule has 1 saturated heterocycles. The van der Waals surface area contributed by atoms with Gasteiger partial charge >= 0.3 is 5.97 Å². The van der Waals surface area contributed by atoms with Crippen molar-refractivity contribution in [1.82, 2.24) is 5.32 Å². The molecule has 0 aromatic carbocycles. The van der Waals surface area contributed by atoms with E-state index in [9.17, 15) is 4.79 Å². The van der Waals surface area contributed by atoms with E-state index in [1.54, 1.807) is 0 Å². The fourth-order valence-corrected chi connectivity index (χ4v) is 1.87. The summed E-state index contributed by atoms with van der Waals surface area (Å²) in [6.45, 7) is 5.63. The molecule has 0 amide bonds. The molecule has 0 aromatic rings. The first-order valence-electron chi connectivity index (χ1n) is 5.22. The maximum Gasteiger partial charge on any atom is 0.306 e. The van der Waals surface area contributed by atoms with E-state index in [1.165, 1.54) is 0 Å². The number of carboxylic acids is 1. The van der Waals surface area contributed by atoms with Crippen LogP contribution in [0.15, 0.2) is 0 Å². The van der Waals surface area contributed by atoms with Crippen LogP contribution in [0.5, 0.6) is 0 Å². The van der Waals surface area contributed by atoms with Crippen molar-refractivity contribution in [2.45, 2.75) is 44.8 Å². The number of carboxylic acid groups (broad SMARTS) is 1. The van der Waals surface area contributed by atoms with Crippen molar-refractivity contribution in [2.24, 2.45) is 0 Å². The van der Waals surface area contributed by atoms with Crippen molar-refractivity contribution in [1.29, 1.82) is 0 Å². The zero-order valence-electron chi connectivity index (χ0n) is 8.88. The van der Waals surface area contributed by atoms with Gasteiger partial charge in [0.1, 0.15) is 0 Å². The highest BCUT2D eigenvalue weighted by Crippen LogP contribution is 2.25. The summed E-state index contributed by atoms with van der Waals surface area (Å²) >= 11 is 0. The topological polar surface area (TPSA) is 58.6 Å². The largest absolute Gasteiger partial charge is 0.481 e. The van der Waals surface area contributed by atoms with Crippen molar-refractivity contribution < 1.29 is 14.6 Å². The summed E-state index contributed by atoms with van der Waals surface area (Å²) in [5, 5.41) is 11.9. The second-order valence-electron chi connectivity index (χ2n) is 3.86. The van der Waals surface area contributed by atoms with E-state index in [0.29, 0.717) is 6.54 Å². The third-order valence-corrected chi connectivity index (χ3v) is 2.93. The Morgan fingerprint density at radius 2 is 2.21 bits per heavy atom. The molecule has 1 unspecified atom stereocenters. The van der Waals surface area contributed by atoms with E-state index in [4.69, 9.17) is 9.84 Å². The van der Waals surface area contributed by atoms with Gasteiger partial charge in [-0.2, -0.15) is 0 Å². The van der Waals surface area contributed by atoms with Crippen LogP contribution in [0, 0.1) is 0 Å². The average molecular weight is 201 g/mol. The van der Waals surface area contributed by atoms with Gasteiger partial charge in [-0.05, 0) is 12.8 Å². The van der Waals surface area contributed by atoms with E-state index in [-0.39, 0.29) is 18.1 Å². The summed E-state index contributed by atoms with van der Waals surface area (Å²) in [6.07, 6.45) is 1.76. The van der Waals surface area contributed by atoms with Crippen LogP contribution in [0.3, 0.4) is 0 Å². The summed E-state index contributed by atoms with van der Waals surface area (Å²) in [4.78, 5) is 10.5. The number of morpholine rings is 1. The second-order valence-corrected chi connectivity index (χ2v) is 3.86. The van der Waals surface area contributed by atoms with Gasteiger partial charge in [0.2, 0.25) is 0 Å². The number of ether oxygens (including phenoxy) is 1. The Kier molecular flexibility index (Phi) is 3.89. The molecule has 14 heavy (non-hydrogen) atoms. The van der Waals surface area contributed by atoms with Gasteiger partial charge in [-0.3, -0.25) is 4.79 Å². The van der Waals surface area contributed by atoms with Crippen LogP contribution in [0.4, 0.5) is 0 Å². The summed E-state index contributed by atoms with van der Waals surface area (Å²) in [5.74, 6) is -0.792. The van der Waals surface area contributed by atoms with Crippen LogP contribution in [0.25, 0.3) is 0 Å². The standard InChI is InChI=1S/C10H19NO3/c1-3-10(4-2)7-11-6-8(14-10)5-9(12)13/h8,11H,3-7H2,1-2H3,(H,12,13). The number of carbonyl (C=O) groups is 1. The van der Waals surface area contributed by atoms with Gasteiger partial charge in [-0.15, -0.1) is 0 Å². The molecule has 0 bridgehead atoms. The molecule has 0 aromatic heterocycles. The van der Waals surface area contributed by atoms with Crippen molar-refractivity contribution in [3.05, 3.63) is 0 Å². The number of nitrogens with one attached hydrogen (secondary N) is 1. The Bertz CT molecular complexity index is 202. The van der Waals surface area contributed by atoms with Crippen LogP contribution in [0.1, 0.15) is 33.1 Å². The molecular weight excluding hydrogens is 182 g/mol. The minimum Gasteiger partial charge on any atom is -0.481 e. The van der Waals surface area contributed by atoms with E-state index in [0.717, 1.165) is 19.4 Å². The fraction of sp³-hybridized carbons (Fsp3) is 0.900. The highest BCUT2D eigenvalue weighted by Gasteiger charge is 2.34. The molecular formula is C10H19NO3. The third-order valence-electron chi connectivity index (χ3n) is 2.93. The van der Waals surface area contributed by atoms with E-state index in [2.05, 4.69) is 19.2 Å². The van der Waals surface area contributed by atoms with Gasteiger partial charge in [0, 0.05) is 13.1 Å². The Hall–Kier alpha value is -0.610. The lowest BCUT2D eigenvalue weighted by molar-refractivity contribution is -0.151. The van der Waals surface area contributed by atoms with Gasteiger partial charge in [-0.1, -0.05) is 13.8 Å². The van der Waals surface area contributed by atoms with Gasteiger partial charge < -0.3 is 15.2 Å². The lowest BCUT2D eigenvalue weighted by Crippen LogP contribution is -2.53. The minimum atomic E-state index is -0.792. The zero-order valence-corrected chi connectivity index (χ0v) is 8.88. The monoisotopic (exact) mass is 201 g/mol. The second kappa shape index (κ2) is 4.75. The number of rotatable bonds is 4. The molecule has 1 atom stereocenters. The smallest absolute Gasteiger partial charge is 0.306 e. The van der Waals surface area contributed by atoms with Crippen LogP contribution < -0.4 is 5.32 Å². The van der Waals surface area contributed by atoms with Crippen LogP contribution >= 0.6 is 0 Å². The maximum absolute atomic E-state index is 10.5. The lowest BCUT2D eigenvalue weighted by Gasteiger charge is -2.40. The molecule has 1 aliphatic heterocycles. The normalized spacial score (nSPS) is 26.0. The van der Waals surface area contributed by atoms with E-state index < -0.39 is 5.97 Å². The van der Waals surface area contributed by atoms with Crippen molar-refractivity contribution in [3.63, 3.8) is 0 Å². The van der Waals surface area contributed by atoms with Crippen LogP contribution in [-0.4, -0.2) is 35.9 Å². The quantitative estimate of drug-likeness (QED) is 0.712. The maximum atomic E-state index is 10.5. The van der Waals surface area contributed by atoms with Crippen molar-refractivity contribution in [2.75, 3.05) is 13.1 Å². The number of hydrogen-bond donors (Lipinski definition) is 2. The molecule has 82 valence electrons. The van der Waals surface area contributed by atoms with E-state index in [1.807, 2.05) is 0 Å². The predicted octanol–water partition coefficient (Wildman–Crippen LogP) is 1.01.